The minimum Gasteiger partial charge on any atom is -0.291 e. The lowest BCUT2D eigenvalue weighted by Crippen LogP contribution is -2.22. The average molecular weight is 348 g/mol. The van der Waals surface area contributed by atoms with Crippen molar-refractivity contribution in [1.82, 2.24) is 4.90 Å². The molecule has 1 heteroatoms. The van der Waals surface area contributed by atoms with Crippen molar-refractivity contribution in [1.29, 1.82) is 0 Å². The molecule has 0 N–H and O–H groups in total. The van der Waals surface area contributed by atoms with E-state index in [-0.39, 0.29) is 0 Å². The summed E-state index contributed by atoms with van der Waals surface area (Å²) < 4.78 is 0. The summed E-state index contributed by atoms with van der Waals surface area (Å²) >= 11 is 0. The molecule has 0 saturated carbocycles. The average Bonchev–Trinajstić information content (AvgIpc) is 2.71. The van der Waals surface area contributed by atoms with Crippen LogP contribution in [0.2, 0.25) is 0 Å². The first-order valence-electron chi connectivity index (χ1n) is 8.90. The molecule has 0 amide bonds. The molecule has 1 nitrogen and oxygen atoms in total. The molecule has 0 fully saturated rings. The molecular formula is C26H22N. The van der Waals surface area contributed by atoms with Crippen LogP contribution in [0.4, 0.5) is 0 Å². The highest BCUT2D eigenvalue weighted by molar-refractivity contribution is 5.35. The SMILES string of the molecule is C#Cc1ccc(CN(Cc2ccc([CH2])cc2)Cc2ccc(C#C)cc2)cc1. The largest absolute Gasteiger partial charge is 0.291 e. The maximum Gasteiger partial charge on any atom is 0.0242 e. The van der Waals surface area contributed by atoms with Crippen molar-refractivity contribution >= 4 is 0 Å². The topological polar surface area (TPSA) is 3.24 Å². The van der Waals surface area contributed by atoms with E-state index in [1.807, 2.05) is 24.3 Å². The highest BCUT2D eigenvalue weighted by Gasteiger charge is 2.09. The van der Waals surface area contributed by atoms with Gasteiger partial charge in [-0.05, 0) is 53.4 Å². The Labute approximate surface area is 162 Å². The Morgan fingerprint density at radius 3 is 1.26 bits per heavy atom. The number of terminal acetylenes is 2. The highest BCUT2D eigenvalue weighted by Crippen LogP contribution is 2.16. The lowest BCUT2D eigenvalue weighted by molar-refractivity contribution is 0.247. The molecule has 0 unspecified atom stereocenters. The van der Waals surface area contributed by atoms with Gasteiger partial charge in [-0.2, -0.15) is 0 Å². The van der Waals surface area contributed by atoms with Crippen LogP contribution < -0.4 is 0 Å². The number of hydrogen-bond acceptors (Lipinski definition) is 1. The van der Waals surface area contributed by atoms with Crippen molar-refractivity contribution in [3.8, 4) is 24.7 Å². The van der Waals surface area contributed by atoms with Gasteiger partial charge in [-0.3, -0.25) is 4.90 Å². The fourth-order valence-electron chi connectivity index (χ4n) is 3.00. The van der Waals surface area contributed by atoms with E-state index in [0.29, 0.717) is 0 Å². The Kier molecular flexibility index (Phi) is 6.11. The minimum absolute atomic E-state index is 0.841. The summed E-state index contributed by atoms with van der Waals surface area (Å²) in [6.07, 6.45) is 10.9. The van der Waals surface area contributed by atoms with E-state index >= 15 is 0 Å². The van der Waals surface area contributed by atoms with Gasteiger partial charge >= 0.3 is 0 Å². The monoisotopic (exact) mass is 348 g/mol. The zero-order chi connectivity index (χ0) is 19.1. The summed E-state index contributed by atoms with van der Waals surface area (Å²) in [5.41, 5.74) is 6.58. The molecule has 0 spiro atoms. The Hall–Kier alpha value is -3.26. The molecule has 27 heavy (non-hydrogen) atoms. The fraction of sp³-hybridized carbons (Fsp3) is 0.115. The first kappa shape index (κ1) is 18.5. The van der Waals surface area contributed by atoms with Gasteiger partial charge in [0.25, 0.3) is 0 Å². The summed E-state index contributed by atoms with van der Waals surface area (Å²) in [6.45, 7) is 6.50. The molecule has 0 atom stereocenters. The molecular weight excluding hydrogens is 326 g/mol. The van der Waals surface area contributed by atoms with E-state index in [0.717, 1.165) is 36.3 Å². The van der Waals surface area contributed by atoms with E-state index in [1.165, 1.54) is 16.7 Å². The molecule has 1 radical (unpaired) electrons. The zero-order valence-corrected chi connectivity index (χ0v) is 15.4. The van der Waals surface area contributed by atoms with Gasteiger partial charge in [-0.25, -0.2) is 0 Å². The second-order valence-corrected chi connectivity index (χ2v) is 6.64. The van der Waals surface area contributed by atoms with Gasteiger partial charge in [-0.15, -0.1) is 12.8 Å². The van der Waals surface area contributed by atoms with Crippen LogP contribution in [0.1, 0.15) is 33.4 Å². The third kappa shape index (κ3) is 5.35. The highest BCUT2D eigenvalue weighted by atomic mass is 15.1. The third-order valence-corrected chi connectivity index (χ3v) is 4.48. The van der Waals surface area contributed by atoms with Gasteiger partial charge < -0.3 is 0 Å². The number of rotatable bonds is 6. The molecule has 0 saturated heterocycles. The quantitative estimate of drug-likeness (QED) is 0.565. The van der Waals surface area contributed by atoms with Crippen molar-refractivity contribution < 1.29 is 0 Å². The van der Waals surface area contributed by atoms with E-state index in [2.05, 4.69) is 72.2 Å². The Balaban J connectivity index is 1.79. The van der Waals surface area contributed by atoms with E-state index in [4.69, 9.17) is 12.8 Å². The molecule has 0 aliphatic carbocycles. The zero-order valence-electron chi connectivity index (χ0n) is 15.4. The third-order valence-electron chi connectivity index (χ3n) is 4.48. The molecule has 0 aliphatic heterocycles. The molecule has 0 heterocycles. The Bertz CT molecular complexity index is 890. The summed E-state index contributed by atoms with van der Waals surface area (Å²) in [7, 11) is 0. The first-order valence-corrected chi connectivity index (χ1v) is 8.90. The fourth-order valence-corrected chi connectivity index (χ4v) is 3.00. The molecule has 0 aliphatic rings. The standard InChI is InChI=1S/C26H22N/c1-4-22-10-14-25(15-11-22)19-27(18-24-8-6-21(3)7-9-24)20-26-16-12-23(5-2)13-17-26/h1-2,6-17H,3,18-20H2. The lowest BCUT2D eigenvalue weighted by atomic mass is 10.1. The number of hydrogen-bond donors (Lipinski definition) is 0. The summed E-state index contributed by atoms with van der Waals surface area (Å²) in [4.78, 5) is 2.41. The van der Waals surface area contributed by atoms with Crippen LogP contribution in [0.3, 0.4) is 0 Å². The van der Waals surface area contributed by atoms with Crippen LogP contribution in [-0.2, 0) is 19.6 Å². The van der Waals surface area contributed by atoms with Crippen LogP contribution in [0, 0.1) is 31.6 Å². The van der Waals surface area contributed by atoms with Crippen LogP contribution in [0.25, 0.3) is 0 Å². The Morgan fingerprint density at radius 1 is 0.593 bits per heavy atom. The van der Waals surface area contributed by atoms with Gasteiger partial charge in [0.05, 0.1) is 0 Å². The van der Waals surface area contributed by atoms with E-state index in [9.17, 15) is 0 Å². The van der Waals surface area contributed by atoms with E-state index in [1.54, 1.807) is 0 Å². The van der Waals surface area contributed by atoms with Crippen molar-refractivity contribution in [2.75, 3.05) is 0 Å². The minimum atomic E-state index is 0.841. The molecule has 3 rings (SSSR count). The second-order valence-electron chi connectivity index (χ2n) is 6.64. The summed E-state index contributed by atoms with van der Waals surface area (Å²) in [5.74, 6) is 5.34. The lowest BCUT2D eigenvalue weighted by Gasteiger charge is -2.23. The van der Waals surface area contributed by atoms with Crippen molar-refractivity contribution in [2.24, 2.45) is 0 Å². The van der Waals surface area contributed by atoms with E-state index < -0.39 is 0 Å². The predicted octanol–water partition coefficient (Wildman–Crippen LogP) is 5.03. The molecule has 0 aromatic heterocycles. The van der Waals surface area contributed by atoms with Crippen molar-refractivity contribution in [2.45, 2.75) is 19.6 Å². The van der Waals surface area contributed by atoms with Crippen molar-refractivity contribution in [3.63, 3.8) is 0 Å². The normalized spacial score (nSPS) is 10.4. The number of nitrogens with zero attached hydrogens (tertiary/aromatic N) is 1. The number of benzene rings is 3. The van der Waals surface area contributed by atoms with Crippen LogP contribution in [0.15, 0.2) is 72.8 Å². The molecule has 0 bridgehead atoms. The maximum absolute atomic E-state index is 5.46. The smallest absolute Gasteiger partial charge is 0.0242 e. The van der Waals surface area contributed by atoms with Crippen LogP contribution >= 0.6 is 0 Å². The van der Waals surface area contributed by atoms with Crippen LogP contribution in [0.5, 0.6) is 0 Å². The first-order chi connectivity index (χ1) is 13.2. The van der Waals surface area contributed by atoms with Gasteiger partial charge in [0, 0.05) is 30.8 Å². The Morgan fingerprint density at radius 2 is 0.926 bits per heavy atom. The van der Waals surface area contributed by atoms with Crippen molar-refractivity contribution in [3.05, 3.63) is 113 Å². The summed E-state index contributed by atoms with van der Waals surface area (Å²) in [6, 6.07) is 24.8. The molecule has 3 aromatic rings. The van der Waals surface area contributed by atoms with Gasteiger partial charge in [0.15, 0.2) is 0 Å². The predicted molar refractivity (Wildman–Crippen MR) is 113 cm³/mol. The van der Waals surface area contributed by atoms with Gasteiger partial charge in [-0.1, -0.05) is 60.4 Å². The van der Waals surface area contributed by atoms with Gasteiger partial charge in [0.2, 0.25) is 0 Å². The molecule has 131 valence electrons. The maximum atomic E-state index is 5.46. The van der Waals surface area contributed by atoms with Gasteiger partial charge in [0.1, 0.15) is 0 Å². The molecule has 3 aromatic carbocycles. The summed E-state index contributed by atoms with van der Waals surface area (Å²) in [5, 5.41) is 0. The van der Waals surface area contributed by atoms with Crippen LogP contribution in [-0.4, -0.2) is 4.90 Å². The second kappa shape index (κ2) is 8.91.